The van der Waals surface area contributed by atoms with Crippen LogP contribution in [-0.2, 0) is 19.6 Å². The Morgan fingerprint density at radius 2 is 1.67 bits per heavy atom. The Kier molecular flexibility index (Phi) is 8.59. The minimum Gasteiger partial charge on any atom is -0.384 e. The van der Waals surface area contributed by atoms with Crippen LogP contribution in [0.25, 0.3) is 0 Å². The Labute approximate surface area is 210 Å². The number of carbonyl (C=O) groups excluding carboxylic acids is 3. The third kappa shape index (κ3) is 6.55. The second-order valence-electron chi connectivity index (χ2n) is 9.12. The Morgan fingerprint density at radius 3 is 2.25 bits per heavy atom. The summed E-state index contributed by atoms with van der Waals surface area (Å²) in [7, 11) is -3.96. The number of nitrogen functional groups attached to an aromatic ring is 1. The second kappa shape index (κ2) is 11.4. The minimum atomic E-state index is -3.96. The Bertz CT molecular complexity index is 1230. The normalized spacial score (nSPS) is 16.5. The first-order chi connectivity index (χ1) is 17.0. The van der Waals surface area contributed by atoms with Gasteiger partial charge in [-0.15, -0.1) is 0 Å². The van der Waals surface area contributed by atoms with Crippen LogP contribution in [0.2, 0.25) is 0 Å². The zero-order valence-electron chi connectivity index (χ0n) is 20.2. The van der Waals surface area contributed by atoms with E-state index in [1.54, 1.807) is 18.2 Å². The van der Waals surface area contributed by atoms with Gasteiger partial charge in [-0.25, -0.2) is 8.42 Å². The number of nitrogens with zero attached hydrogens (tertiary/aromatic N) is 1. The second-order valence-corrected chi connectivity index (χ2v) is 10.8. The fourth-order valence-corrected chi connectivity index (χ4v) is 5.32. The summed E-state index contributed by atoms with van der Waals surface area (Å²) < 4.78 is 28.3. The molecular weight excluding hydrogens is 482 g/mol. The summed E-state index contributed by atoms with van der Waals surface area (Å²) in [5.41, 5.74) is 6.07. The number of amides is 3. The summed E-state index contributed by atoms with van der Waals surface area (Å²) in [6.45, 7) is 4.03. The molecule has 1 saturated heterocycles. The smallest absolute Gasteiger partial charge is 0.257 e. The maximum atomic E-state index is 13.5. The van der Waals surface area contributed by atoms with Crippen LogP contribution in [0.1, 0.15) is 49.0 Å². The lowest BCUT2D eigenvalue weighted by molar-refractivity contribution is -0.139. The number of imide groups is 1. The molecule has 0 saturated carbocycles. The zero-order chi connectivity index (χ0) is 26.5. The van der Waals surface area contributed by atoms with Crippen molar-refractivity contribution >= 4 is 33.6 Å². The first-order valence-electron chi connectivity index (χ1n) is 11.7. The topological polar surface area (TPSA) is 163 Å². The highest BCUT2D eigenvalue weighted by Gasteiger charge is 2.39. The number of hydrogen-bond acceptors (Lipinski definition) is 6. The molecule has 2 atom stereocenters. The largest absolute Gasteiger partial charge is 0.384 e. The molecule has 2 aromatic carbocycles. The number of rotatable bonds is 9. The van der Waals surface area contributed by atoms with Gasteiger partial charge in [-0.2, -0.15) is 4.72 Å². The van der Waals surface area contributed by atoms with Crippen molar-refractivity contribution in [3.05, 3.63) is 65.7 Å². The monoisotopic (exact) mass is 513 g/mol. The molecule has 3 rings (SSSR count). The lowest BCUT2D eigenvalue weighted by Gasteiger charge is -2.29. The number of benzene rings is 2. The fraction of sp³-hybridized carbons (Fsp3) is 0.360. The molecule has 0 radical (unpaired) electrons. The van der Waals surface area contributed by atoms with Gasteiger partial charge in [0.25, 0.3) is 5.91 Å². The molecule has 1 fully saturated rings. The van der Waals surface area contributed by atoms with E-state index in [0.717, 1.165) is 0 Å². The summed E-state index contributed by atoms with van der Waals surface area (Å²) in [5, 5.41) is 9.76. The van der Waals surface area contributed by atoms with Crippen molar-refractivity contribution in [2.45, 2.75) is 50.1 Å². The van der Waals surface area contributed by atoms with Gasteiger partial charge >= 0.3 is 0 Å². The Morgan fingerprint density at radius 1 is 1.06 bits per heavy atom. The maximum Gasteiger partial charge on any atom is 0.257 e. The van der Waals surface area contributed by atoms with Gasteiger partial charge in [0.05, 0.1) is 4.90 Å². The van der Waals surface area contributed by atoms with Crippen molar-refractivity contribution < 1.29 is 22.8 Å². The number of amidine groups is 1. The van der Waals surface area contributed by atoms with E-state index >= 15 is 0 Å². The molecule has 0 unspecified atom stereocenters. The lowest BCUT2D eigenvalue weighted by atomic mass is 10.0. The van der Waals surface area contributed by atoms with E-state index in [0.29, 0.717) is 18.4 Å². The molecular formula is C25H31N5O5S. The van der Waals surface area contributed by atoms with Gasteiger partial charge in [-0.1, -0.05) is 44.2 Å². The third-order valence-corrected chi connectivity index (χ3v) is 7.38. The number of hydrogen-bond donors (Lipinski definition) is 4. The minimum absolute atomic E-state index is 0.00635. The molecule has 0 aromatic heterocycles. The molecule has 1 heterocycles. The van der Waals surface area contributed by atoms with Crippen LogP contribution in [0, 0.1) is 11.3 Å². The number of likely N-dealkylation sites (tertiary alicyclic amines) is 1. The van der Waals surface area contributed by atoms with Gasteiger partial charge in [0, 0.05) is 17.7 Å². The summed E-state index contributed by atoms with van der Waals surface area (Å²) in [4.78, 5) is 40.4. The predicted molar refractivity (Wildman–Crippen MR) is 135 cm³/mol. The summed E-state index contributed by atoms with van der Waals surface area (Å²) >= 11 is 0. The van der Waals surface area contributed by atoms with Crippen molar-refractivity contribution in [2.75, 3.05) is 6.54 Å². The van der Waals surface area contributed by atoms with Gasteiger partial charge < -0.3 is 10.6 Å². The highest BCUT2D eigenvalue weighted by molar-refractivity contribution is 7.89. The highest BCUT2D eigenvalue weighted by Crippen LogP contribution is 2.22. The third-order valence-electron chi connectivity index (χ3n) is 5.89. The van der Waals surface area contributed by atoms with Gasteiger partial charge in [0.15, 0.2) is 0 Å². The van der Waals surface area contributed by atoms with Gasteiger partial charge in [0.1, 0.15) is 17.9 Å². The number of nitrogens with two attached hydrogens (primary N) is 1. The van der Waals surface area contributed by atoms with Crippen LogP contribution in [0.15, 0.2) is 59.5 Å². The number of carbonyl (C=O) groups is 3. The first kappa shape index (κ1) is 27.0. The molecule has 3 amide bonds. The highest BCUT2D eigenvalue weighted by atomic mass is 32.2. The average Bonchev–Trinajstić information content (AvgIpc) is 3.33. The van der Waals surface area contributed by atoms with E-state index in [2.05, 4.69) is 10.0 Å². The van der Waals surface area contributed by atoms with E-state index in [4.69, 9.17) is 11.1 Å². The molecule has 36 heavy (non-hydrogen) atoms. The van der Waals surface area contributed by atoms with Crippen LogP contribution in [-0.4, -0.2) is 55.5 Å². The van der Waals surface area contributed by atoms with Crippen LogP contribution in [0.3, 0.4) is 0 Å². The molecule has 1 aliphatic rings. The van der Waals surface area contributed by atoms with E-state index in [1.165, 1.54) is 41.3 Å². The van der Waals surface area contributed by atoms with E-state index in [1.807, 2.05) is 13.8 Å². The van der Waals surface area contributed by atoms with E-state index in [-0.39, 0.29) is 35.2 Å². The quantitative estimate of drug-likeness (QED) is 0.226. The van der Waals surface area contributed by atoms with Crippen LogP contribution in [0.5, 0.6) is 0 Å². The maximum absolute atomic E-state index is 13.5. The Balaban J connectivity index is 1.74. The van der Waals surface area contributed by atoms with Gasteiger partial charge in [-0.05, 0) is 49.4 Å². The summed E-state index contributed by atoms with van der Waals surface area (Å²) in [6, 6.07) is 11.7. The molecule has 0 spiro atoms. The molecule has 5 N–H and O–H groups in total. The molecule has 0 bridgehead atoms. The van der Waals surface area contributed by atoms with Gasteiger partial charge in [0.2, 0.25) is 21.8 Å². The summed E-state index contributed by atoms with van der Waals surface area (Å²) in [6.07, 6.45) is 1.15. The van der Waals surface area contributed by atoms with Gasteiger partial charge in [-0.3, -0.25) is 25.1 Å². The van der Waals surface area contributed by atoms with E-state index in [9.17, 15) is 22.8 Å². The molecule has 0 aliphatic carbocycles. The molecule has 1 aliphatic heterocycles. The van der Waals surface area contributed by atoms with Crippen molar-refractivity contribution in [3.8, 4) is 0 Å². The van der Waals surface area contributed by atoms with E-state index < -0.39 is 39.8 Å². The number of sulfonamides is 1. The standard InChI is InChI=1S/C25H31N5O5S/c1-16(2)15-20(29-36(34,35)19-7-4-3-5-8-19)25(33)30-14-6-9-21(30)24(32)28-23(31)18-12-10-17(11-13-18)22(26)27/h3-5,7-8,10-13,16,20-21,29H,6,9,14-15H2,1-2H3,(H3,26,27)(H,28,31,32)/t20-,21-/m0/s1. The zero-order valence-corrected chi connectivity index (χ0v) is 21.0. The Hall–Kier alpha value is -3.57. The van der Waals surface area contributed by atoms with Crippen molar-refractivity contribution in [1.82, 2.24) is 14.9 Å². The molecule has 2 aromatic rings. The van der Waals surface area contributed by atoms with Crippen molar-refractivity contribution in [2.24, 2.45) is 11.7 Å². The van der Waals surface area contributed by atoms with Crippen LogP contribution in [0.4, 0.5) is 0 Å². The fourth-order valence-electron chi connectivity index (χ4n) is 4.10. The predicted octanol–water partition coefficient (Wildman–Crippen LogP) is 1.61. The van der Waals surface area contributed by atoms with Crippen molar-refractivity contribution in [3.63, 3.8) is 0 Å². The van der Waals surface area contributed by atoms with Crippen molar-refractivity contribution in [1.29, 1.82) is 5.41 Å². The van der Waals surface area contributed by atoms with Crippen LogP contribution < -0.4 is 15.8 Å². The average molecular weight is 514 g/mol. The SMILES string of the molecule is CC(C)C[C@H](NS(=O)(=O)c1ccccc1)C(=O)N1CCC[C@H]1C(=O)NC(=O)c1ccc(C(=N)N)cc1. The molecule has 11 heteroatoms. The first-order valence-corrected chi connectivity index (χ1v) is 13.2. The molecule has 10 nitrogen and oxygen atoms in total. The van der Waals surface area contributed by atoms with Crippen LogP contribution >= 0.6 is 0 Å². The lowest BCUT2D eigenvalue weighted by Crippen LogP contribution is -2.54. The summed E-state index contributed by atoms with van der Waals surface area (Å²) in [5.74, 6) is -1.91. The molecule has 192 valence electrons. The number of nitrogens with one attached hydrogen (secondary N) is 3.